The smallest absolute Gasteiger partial charge is 0.222 e. The van der Waals surface area contributed by atoms with Gasteiger partial charge in [0.2, 0.25) is 35.4 Å². The third-order valence-corrected chi connectivity index (χ3v) is 14.5. The lowest BCUT2D eigenvalue weighted by Crippen LogP contribution is -2.62. The summed E-state index contributed by atoms with van der Waals surface area (Å²) in [5.74, 6) is -1.20. The van der Waals surface area contributed by atoms with Crippen molar-refractivity contribution in [1.82, 2.24) is 31.9 Å². The first kappa shape index (κ1) is 77.3. The number of unbranched alkanes of at least 4 members (excludes halogenated alkanes) is 3. The third kappa shape index (κ3) is 33.1. The van der Waals surface area contributed by atoms with Gasteiger partial charge >= 0.3 is 0 Å². The molecule has 3 rings (SSSR count). The van der Waals surface area contributed by atoms with Crippen LogP contribution in [0.2, 0.25) is 0 Å². The molecule has 3 heterocycles. The molecule has 13 unspecified atom stereocenters. The fourth-order valence-electron chi connectivity index (χ4n) is 9.18. The Morgan fingerprint density at radius 3 is 1.03 bits per heavy atom. The summed E-state index contributed by atoms with van der Waals surface area (Å²) in [6.07, 6.45) is -3.03. The zero-order valence-electron chi connectivity index (χ0n) is 50.7. The molecule has 3 aliphatic rings. The van der Waals surface area contributed by atoms with Crippen molar-refractivity contribution in [3.63, 3.8) is 0 Å². The Labute approximate surface area is 510 Å². The van der Waals surface area contributed by atoms with E-state index < -0.39 is 91.7 Å². The van der Waals surface area contributed by atoms with Crippen LogP contribution in [0.4, 0.5) is 0 Å². The molecule has 19 N–H and O–H groups in total. The number of carbonyl (C=O) groups excluding carboxylic acids is 6. The maximum absolute atomic E-state index is 12.6. The zero-order valence-corrected chi connectivity index (χ0v) is 50.7. The van der Waals surface area contributed by atoms with Gasteiger partial charge in [-0.05, 0) is 57.8 Å². The van der Waals surface area contributed by atoms with Crippen LogP contribution in [0.25, 0.3) is 0 Å². The van der Waals surface area contributed by atoms with E-state index in [0.717, 1.165) is 0 Å². The van der Waals surface area contributed by atoms with Gasteiger partial charge in [-0.25, -0.2) is 0 Å². The maximum Gasteiger partial charge on any atom is 0.222 e. The lowest BCUT2D eigenvalue weighted by atomic mass is 9.94. The Bertz CT molecular complexity index is 1840. The number of carbonyl (C=O) groups is 6. The second-order valence-electron chi connectivity index (χ2n) is 22.5. The van der Waals surface area contributed by atoms with Crippen LogP contribution in [0.3, 0.4) is 0 Å². The van der Waals surface area contributed by atoms with Gasteiger partial charge in [-0.3, -0.25) is 28.8 Å². The molecule has 0 aliphatic carbocycles. The molecule has 3 saturated heterocycles. The van der Waals surface area contributed by atoms with Crippen molar-refractivity contribution in [3.8, 4) is 0 Å². The Kier molecular flexibility index (Phi) is 40.3. The van der Waals surface area contributed by atoms with Crippen LogP contribution in [0, 0.1) is 5.41 Å². The average molecular weight is 1260 g/mol. The number of rotatable bonds is 48. The Morgan fingerprint density at radius 1 is 0.414 bits per heavy atom. The molecule has 0 aromatic carbocycles. The van der Waals surface area contributed by atoms with Crippen molar-refractivity contribution >= 4 is 35.4 Å². The van der Waals surface area contributed by atoms with E-state index in [1.54, 1.807) is 0 Å². The monoisotopic (exact) mass is 1260 g/mol. The van der Waals surface area contributed by atoms with Crippen LogP contribution < -0.4 is 49.1 Å². The maximum atomic E-state index is 12.6. The first-order valence-electron chi connectivity index (χ1n) is 30.8. The van der Waals surface area contributed by atoms with Crippen LogP contribution in [0.15, 0.2) is 0 Å². The van der Waals surface area contributed by atoms with Crippen molar-refractivity contribution < 1.29 is 107 Å². The molecule has 0 aromatic rings. The number of nitrogens with one attached hydrogen (secondary N) is 6. The molecule has 0 bridgehead atoms. The molecular weight excluding hydrogens is 1150 g/mol. The number of hydrogen-bond donors (Lipinski definition) is 16. The lowest BCUT2D eigenvalue weighted by molar-refractivity contribution is -0.265. The molecule has 0 aromatic heterocycles. The van der Waals surface area contributed by atoms with Gasteiger partial charge in [0.15, 0.2) is 18.9 Å². The summed E-state index contributed by atoms with van der Waals surface area (Å²) in [4.78, 5) is 74.8. The molecule has 0 saturated carbocycles. The number of aliphatic hydroxyl groups is 7. The predicted octanol–water partition coefficient (Wildman–Crippen LogP) is -5.00. The summed E-state index contributed by atoms with van der Waals surface area (Å²) in [5.41, 5.74) is 17.0. The highest BCUT2D eigenvalue weighted by Gasteiger charge is 2.43. The highest BCUT2D eigenvalue weighted by Crippen LogP contribution is 2.24. The van der Waals surface area contributed by atoms with Gasteiger partial charge in [-0.1, -0.05) is 6.92 Å². The summed E-state index contributed by atoms with van der Waals surface area (Å²) >= 11 is 0. The van der Waals surface area contributed by atoms with Crippen molar-refractivity contribution in [2.24, 2.45) is 22.6 Å². The van der Waals surface area contributed by atoms with Crippen LogP contribution in [0.1, 0.15) is 116 Å². The van der Waals surface area contributed by atoms with Gasteiger partial charge in [0.1, 0.15) is 18.3 Å². The predicted molar refractivity (Wildman–Crippen MR) is 310 cm³/mol. The van der Waals surface area contributed by atoms with E-state index in [9.17, 15) is 64.5 Å². The van der Waals surface area contributed by atoms with E-state index in [1.807, 2.05) is 6.92 Å². The lowest BCUT2D eigenvalue weighted by Gasteiger charge is -2.40. The molecule has 31 heteroatoms. The molecule has 31 nitrogen and oxygen atoms in total. The van der Waals surface area contributed by atoms with Gasteiger partial charge in [-0.15, -0.1) is 0 Å². The molecule has 13 atom stereocenters. The molecular formula is C56H105N9O22. The van der Waals surface area contributed by atoms with Gasteiger partial charge in [0, 0.05) is 116 Å². The van der Waals surface area contributed by atoms with E-state index in [1.165, 1.54) is 0 Å². The van der Waals surface area contributed by atoms with Crippen molar-refractivity contribution in [2.75, 3.05) is 119 Å². The summed E-state index contributed by atoms with van der Waals surface area (Å²) in [6, 6.07) is -2.46. The molecule has 3 fully saturated rings. The number of nitrogens with two attached hydrogens (primary N) is 3. The molecule has 506 valence electrons. The highest BCUT2D eigenvalue weighted by molar-refractivity contribution is 5.78. The molecule has 0 spiro atoms. The highest BCUT2D eigenvalue weighted by atomic mass is 16.7. The van der Waals surface area contributed by atoms with E-state index in [-0.39, 0.29) is 159 Å². The number of ether oxygens (including phenoxy) is 9. The fourth-order valence-corrected chi connectivity index (χ4v) is 9.18. The third-order valence-electron chi connectivity index (χ3n) is 14.5. The van der Waals surface area contributed by atoms with E-state index in [2.05, 4.69) is 31.9 Å². The minimum Gasteiger partial charge on any atom is -0.394 e. The van der Waals surface area contributed by atoms with Gasteiger partial charge < -0.3 is 127 Å². The Balaban J connectivity index is 1.29. The van der Waals surface area contributed by atoms with Crippen molar-refractivity contribution in [1.29, 1.82) is 0 Å². The van der Waals surface area contributed by atoms with E-state index in [4.69, 9.17) is 59.8 Å². The Morgan fingerprint density at radius 2 is 0.724 bits per heavy atom. The number of amides is 6. The summed E-state index contributed by atoms with van der Waals surface area (Å²) in [5, 5.41) is 85.1. The quantitative estimate of drug-likeness (QED) is 0.0254. The van der Waals surface area contributed by atoms with Gasteiger partial charge in [0.05, 0.1) is 102 Å². The standard InChI is InChI=1S/C56H105N9O22/c1-56(34-79-26-14-45(74)63-20-8-17-60-42(71)11-2-5-23-82-53-48(57)39(69)29-37(31-66)85-53,35-80-27-15-46(75)64-21-9-18-61-43(72)12-3-6-24-83-54-49(58)40(70)30-38(32-67)86-54)36-81-28-16-47(76)65-22-10-19-62-44(73)13-4-7-25-84-55-50(59)52(78)51(77)41(33-68)87-55/h37-41,48-55,66-70,77-78H,2-36,57-59H2,1H3,(H,60,71)(H,61,72)(H,62,73)(H,63,74)(H,64,75)(H,65,76). The molecule has 87 heavy (non-hydrogen) atoms. The molecule has 3 aliphatic heterocycles. The normalized spacial score (nSPS) is 26.3. The van der Waals surface area contributed by atoms with Crippen LogP contribution in [-0.4, -0.2) is 269 Å². The van der Waals surface area contributed by atoms with Gasteiger partial charge in [0.25, 0.3) is 0 Å². The van der Waals surface area contributed by atoms with E-state index >= 15 is 0 Å². The topological polar surface area (TPSA) is 477 Å². The minimum absolute atomic E-state index is 0.0575. The first-order chi connectivity index (χ1) is 41.8. The number of aliphatic hydroxyl groups excluding tert-OH is 7. The second-order valence-corrected chi connectivity index (χ2v) is 22.5. The van der Waals surface area contributed by atoms with Crippen LogP contribution >= 0.6 is 0 Å². The fraction of sp³-hybridized carbons (Fsp3) is 0.893. The SMILES string of the molecule is CC(COCCC(=O)NCCCNC(=O)CCCCOC1OC(CO)CC(O)C1N)(COCCC(=O)NCCCNC(=O)CCCCOC1OC(CO)CC(O)C1N)COCCC(=O)NCCCNC(=O)CCCCOC1OC(CO)C(O)C(O)C1N. The first-order valence-corrected chi connectivity index (χ1v) is 30.8. The molecule has 0 radical (unpaired) electrons. The number of hydrogen-bond acceptors (Lipinski definition) is 25. The largest absolute Gasteiger partial charge is 0.394 e. The minimum atomic E-state index is -1.33. The second kappa shape index (κ2) is 45.3. The van der Waals surface area contributed by atoms with Crippen molar-refractivity contribution in [2.45, 2.75) is 196 Å². The van der Waals surface area contributed by atoms with Crippen molar-refractivity contribution in [3.05, 3.63) is 0 Å². The summed E-state index contributed by atoms with van der Waals surface area (Å²) < 4.78 is 51.1. The van der Waals surface area contributed by atoms with Crippen LogP contribution in [0.5, 0.6) is 0 Å². The summed E-state index contributed by atoms with van der Waals surface area (Å²) in [7, 11) is 0. The zero-order chi connectivity index (χ0) is 63.8. The average Bonchev–Trinajstić information content (AvgIpc) is 2.57. The van der Waals surface area contributed by atoms with E-state index in [0.29, 0.717) is 97.1 Å². The summed E-state index contributed by atoms with van der Waals surface area (Å²) in [6.45, 7) is 4.24. The Hall–Kier alpha value is -3.94. The van der Waals surface area contributed by atoms with Crippen LogP contribution in [-0.2, 0) is 71.4 Å². The van der Waals surface area contributed by atoms with Gasteiger partial charge in [-0.2, -0.15) is 0 Å². The molecule has 6 amide bonds.